The second-order valence-corrected chi connectivity index (χ2v) is 5.23. The molecule has 19 heavy (non-hydrogen) atoms. The van der Waals surface area contributed by atoms with Gasteiger partial charge in [-0.2, -0.15) is 0 Å². The van der Waals surface area contributed by atoms with Crippen molar-refractivity contribution in [2.24, 2.45) is 5.92 Å². The van der Waals surface area contributed by atoms with Gasteiger partial charge < -0.3 is 9.67 Å². The third-order valence-electron chi connectivity index (χ3n) is 3.63. The second kappa shape index (κ2) is 5.13. The molecule has 0 bridgehead atoms. The Hall–Kier alpha value is -1.68. The Morgan fingerprint density at radius 2 is 2.11 bits per heavy atom. The van der Waals surface area contributed by atoms with Gasteiger partial charge in [-0.05, 0) is 43.7 Å². The van der Waals surface area contributed by atoms with Crippen LogP contribution in [0, 0.1) is 5.92 Å². The Morgan fingerprint density at radius 1 is 1.32 bits per heavy atom. The van der Waals surface area contributed by atoms with Crippen molar-refractivity contribution in [3.63, 3.8) is 0 Å². The van der Waals surface area contributed by atoms with Gasteiger partial charge in [0.25, 0.3) is 5.56 Å². The summed E-state index contributed by atoms with van der Waals surface area (Å²) in [6.07, 6.45) is 3.57. The second-order valence-electron chi connectivity index (χ2n) is 5.23. The van der Waals surface area contributed by atoms with Gasteiger partial charge in [-0.1, -0.05) is 12.1 Å². The lowest BCUT2D eigenvalue weighted by Gasteiger charge is -2.11. The van der Waals surface area contributed by atoms with Gasteiger partial charge in [0, 0.05) is 13.2 Å². The fourth-order valence-corrected chi connectivity index (χ4v) is 2.39. The minimum absolute atomic E-state index is 0.0130. The van der Waals surface area contributed by atoms with Crippen LogP contribution in [0.4, 0.5) is 0 Å². The molecule has 0 amide bonds. The molecule has 1 aliphatic carbocycles. The van der Waals surface area contributed by atoms with E-state index in [1.165, 1.54) is 12.8 Å². The predicted molar refractivity (Wildman–Crippen MR) is 74.1 cm³/mol. The average Bonchev–Trinajstić information content (AvgIpc) is 3.24. The highest BCUT2D eigenvalue weighted by atomic mass is 16.2. The van der Waals surface area contributed by atoms with E-state index in [-0.39, 0.29) is 12.2 Å². The van der Waals surface area contributed by atoms with Crippen molar-refractivity contribution in [2.75, 3.05) is 6.61 Å². The van der Waals surface area contributed by atoms with Gasteiger partial charge in [-0.3, -0.25) is 4.79 Å². The number of aliphatic hydroxyl groups excluding tert-OH is 1. The molecular weight excluding hydrogens is 240 g/mol. The van der Waals surface area contributed by atoms with E-state index in [0.717, 1.165) is 17.6 Å². The van der Waals surface area contributed by atoms with E-state index in [2.05, 4.69) is 4.98 Å². The lowest BCUT2D eigenvalue weighted by molar-refractivity contribution is 0.288. The first-order chi connectivity index (χ1) is 9.29. The van der Waals surface area contributed by atoms with Crippen molar-refractivity contribution < 1.29 is 5.11 Å². The van der Waals surface area contributed by atoms with Crippen LogP contribution in [-0.4, -0.2) is 21.3 Å². The Balaban J connectivity index is 2.11. The summed E-state index contributed by atoms with van der Waals surface area (Å²) in [7, 11) is 0. The van der Waals surface area contributed by atoms with Crippen LogP contribution in [0.3, 0.4) is 0 Å². The molecule has 3 rings (SSSR count). The summed E-state index contributed by atoms with van der Waals surface area (Å²) in [5.41, 5.74) is 2.38. The molecule has 100 valence electrons. The highest BCUT2D eigenvalue weighted by Crippen LogP contribution is 2.30. The Labute approximate surface area is 111 Å². The fraction of sp³-hybridized carbons (Fsp3) is 0.467. The van der Waals surface area contributed by atoms with Crippen molar-refractivity contribution in [1.29, 1.82) is 0 Å². The summed E-state index contributed by atoms with van der Waals surface area (Å²) in [6.45, 7) is 0.893. The maximum Gasteiger partial charge on any atom is 0.272 e. The number of para-hydroxylation sites is 2. The van der Waals surface area contributed by atoms with E-state index in [4.69, 9.17) is 5.11 Å². The van der Waals surface area contributed by atoms with Crippen molar-refractivity contribution in [2.45, 2.75) is 32.2 Å². The van der Waals surface area contributed by atoms with Gasteiger partial charge in [-0.15, -0.1) is 0 Å². The topological polar surface area (TPSA) is 55.1 Å². The maximum atomic E-state index is 12.5. The number of aliphatic hydroxyl groups is 1. The van der Waals surface area contributed by atoms with Gasteiger partial charge in [-0.25, -0.2) is 4.98 Å². The van der Waals surface area contributed by atoms with Crippen LogP contribution in [-0.2, 0) is 13.0 Å². The molecule has 0 radical (unpaired) electrons. The van der Waals surface area contributed by atoms with Gasteiger partial charge in [0.15, 0.2) is 0 Å². The third kappa shape index (κ3) is 2.54. The van der Waals surface area contributed by atoms with Crippen LogP contribution < -0.4 is 5.56 Å². The van der Waals surface area contributed by atoms with E-state index in [1.54, 1.807) is 0 Å². The number of hydrogen-bond donors (Lipinski definition) is 1. The van der Waals surface area contributed by atoms with E-state index >= 15 is 0 Å². The number of nitrogens with zero attached hydrogens (tertiary/aromatic N) is 2. The molecule has 1 aromatic carbocycles. The first-order valence-corrected chi connectivity index (χ1v) is 6.89. The molecule has 0 spiro atoms. The molecule has 0 unspecified atom stereocenters. The summed E-state index contributed by atoms with van der Waals surface area (Å²) >= 11 is 0. The molecule has 1 saturated carbocycles. The van der Waals surface area contributed by atoms with Gasteiger partial charge in [0.2, 0.25) is 0 Å². The largest absolute Gasteiger partial charge is 0.396 e. The Kier molecular flexibility index (Phi) is 3.34. The Morgan fingerprint density at radius 3 is 2.84 bits per heavy atom. The number of fused-ring (bicyclic) bond motifs is 1. The smallest absolute Gasteiger partial charge is 0.272 e. The third-order valence-corrected chi connectivity index (χ3v) is 3.63. The van der Waals surface area contributed by atoms with Gasteiger partial charge >= 0.3 is 0 Å². The van der Waals surface area contributed by atoms with Crippen LogP contribution in [0.15, 0.2) is 29.1 Å². The summed E-state index contributed by atoms with van der Waals surface area (Å²) in [6, 6.07) is 7.79. The summed E-state index contributed by atoms with van der Waals surface area (Å²) in [5.74, 6) is 0.647. The summed E-state index contributed by atoms with van der Waals surface area (Å²) in [5, 5.41) is 8.92. The maximum absolute atomic E-state index is 12.5. The van der Waals surface area contributed by atoms with Crippen LogP contribution >= 0.6 is 0 Å². The molecule has 1 heterocycles. The molecule has 0 atom stereocenters. The highest BCUT2D eigenvalue weighted by Gasteiger charge is 2.23. The van der Waals surface area contributed by atoms with Gasteiger partial charge in [0.1, 0.15) is 5.69 Å². The van der Waals surface area contributed by atoms with E-state index in [9.17, 15) is 4.79 Å². The molecule has 1 N–H and O–H groups in total. The minimum Gasteiger partial charge on any atom is -0.396 e. The first-order valence-electron chi connectivity index (χ1n) is 6.89. The number of aryl methyl sites for hydroxylation is 1. The summed E-state index contributed by atoms with van der Waals surface area (Å²) < 4.78 is 1.87. The van der Waals surface area contributed by atoms with Crippen molar-refractivity contribution in [3.05, 3.63) is 40.3 Å². The molecule has 1 aliphatic rings. The standard InChI is InChI=1S/C15H18N2O2/c18-9-3-5-13-15(19)17(10-11-7-8-11)14-6-2-1-4-12(14)16-13/h1-2,4,6,11,18H,3,5,7-10H2. The SMILES string of the molecule is O=c1c(CCCO)nc2ccccc2n1CC1CC1. The van der Waals surface area contributed by atoms with Crippen LogP contribution in [0.2, 0.25) is 0 Å². The van der Waals surface area contributed by atoms with Crippen molar-refractivity contribution >= 4 is 11.0 Å². The van der Waals surface area contributed by atoms with Gasteiger partial charge in [0.05, 0.1) is 11.0 Å². The lowest BCUT2D eigenvalue weighted by atomic mass is 10.2. The molecule has 1 aromatic heterocycles. The zero-order valence-electron chi connectivity index (χ0n) is 10.9. The molecule has 0 aliphatic heterocycles. The number of aromatic nitrogens is 2. The lowest BCUT2D eigenvalue weighted by Crippen LogP contribution is -2.26. The Bertz CT molecular complexity index is 644. The summed E-state index contributed by atoms with van der Waals surface area (Å²) in [4.78, 5) is 16.9. The fourth-order valence-electron chi connectivity index (χ4n) is 2.39. The number of benzene rings is 1. The van der Waals surface area contributed by atoms with Crippen LogP contribution in [0.25, 0.3) is 11.0 Å². The van der Waals surface area contributed by atoms with Crippen LogP contribution in [0.1, 0.15) is 25.0 Å². The quantitative estimate of drug-likeness (QED) is 0.888. The molecule has 4 nitrogen and oxygen atoms in total. The molecule has 4 heteroatoms. The van der Waals surface area contributed by atoms with Crippen molar-refractivity contribution in [1.82, 2.24) is 9.55 Å². The zero-order chi connectivity index (χ0) is 13.2. The molecule has 2 aromatic rings. The van der Waals surface area contributed by atoms with E-state index in [0.29, 0.717) is 24.5 Å². The molecule has 1 fully saturated rings. The van der Waals surface area contributed by atoms with E-state index in [1.807, 2.05) is 28.8 Å². The first kappa shape index (κ1) is 12.4. The predicted octanol–water partition coefficient (Wildman–Crippen LogP) is 1.73. The minimum atomic E-state index is 0.0130. The molecular formula is C15H18N2O2. The van der Waals surface area contributed by atoms with E-state index < -0.39 is 0 Å². The highest BCUT2D eigenvalue weighted by molar-refractivity contribution is 5.74. The zero-order valence-corrected chi connectivity index (χ0v) is 10.9. The molecule has 0 saturated heterocycles. The number of hydrogen-bond acceptors (Lipinski definition) is 3. The van der Waals surface area contributed by atoms with Crippen LogP contribution in [0.5, 0.6) is 0 Å². The van der Waals surface area contributed by atoms with Crippen molar-refractivity contribution in [3.8, 4) is 0 Å². The normalized spacial score (nSPS) is 15.0. The monoisotopic (exact) mass is 258 g/mol. The average molecular weight is 258 g/mol. The number of rotatable bonds is 5.